The molecular formula is C19H23N3O6S2. The van der Waals surface area contributed by atoms with Gasteiger partial charge in [0.15, 0.2) is 5.76 Å². The zero-order chi connectivity index (χ0) is 21.9. The summed E-state index contributed by atoms with van der Waals surface area (Å²) in [4.78, 5) is 25.3. The van der Waals surface area contributed by atoms with Crippen molar-refractivity contribution in [2.45, 2.75) is 24.5 Å². The summed E-state index contributed by atoms with van der Waals surface area (Å²) in [7, 11) is -3.71. The van der Waals surface area contributed by atoms with Crippen LogP contribution < -0.4 is 0 Å². The highest BCUT2D eigenvalue weighted by molar-refractivity contribution is 7.99. The molecular weight excluding hydrogens is 430 g/mol. The maximum absolute atomic E-state index is 12.8. The second-order valence-electron chi connectivity index (χ2n) is 6.94. The Morgan fingerprint density at radius 3 is 2.50 bits per heavy atom. The van der Waals surface area contributed by atoms with Crippen LogP contribution in [0, 0.1) is 13.8 Å². The van der Waals surface area contributed by atoms with Crippen LogP contribution >= 0.6 is 11.8 Å². The van der Waals surface area contributed by atoms with Gasteiger partial charge in [0, 0.05) is 31.9 Å². The molecule has 162 valence electrons. The lowest BCUT2D eigenvalue weighted by atomic mass is 10.1. The minimum atomic E-state index is -3.71. The Balaban J connectivity index is 1.51. The molecule has 1 aromatic heterocycles. The van der Waals surface area contributed by atoms with Gasteiger partial charge < -0.3 is 14.5 Å². The highest BCUT2D eigenvalue weighted by Crippen LogP contribution is 2.24. The van der Waals surface area contributed by atoms with Crippen molar-refractivity contribution in [3.63, 3.8) is 0 Å². The second kappa shape index (κ2) is 9.19. The Morgan fingerprint density at radius 2 is 1.90 bits per heavy atom. The number of carboxylic acid groups (broad SMARTS) is 1. The van der Waals surface area contributed by atoms with Gasteiger partial charge in [-0.2, -0.15) is 4.31 Å². The van der Waals surface area contributed by atoms with Crippen LogP contribution in [0.4, 0.5) is 0 Å². The van der Waals surface area contributed by atoms with Crippen molar-refractivity contribution >= 4 is 33.7 Å². The Labute approximate surface area is 179 Å². The van der Waals surface area contributed by atoms with Gasteiger partial charge in [0.25, 0.3) is 0 Å². The van der Waals surface area contributed by atoms with Gasteiger partial charge in [0.1, 0.15) is 10.6 Å². The summed E-state index contributed by atoms with van der Waals surface area (Å²) in [5.41, 5.74) is 1.38. The number of aromatic carboxylic acids is 1. The molecule has 1 aliphatic rings. The van der Waals surface area contributed by atoms with E-state index < -0.39 is 16.0 Å². The van der Waals surface area contributed by atoms with Gasteiger partial charge >= 0.3 is 5.97 Å². The standard InChI is InChI=1S/C19H23N3O6S2/c1-13-18(14(2)28-20-13)30(26,27)22-8-6-21(7-9-22)17(23)12-29-11-15-4-3-5-16(10-15)19(24)25/h3-5,10H,6-9,11-12H2,1-2H3,(H,24,25). The fraction of sp³-hybridized carbons (Fsp3) is 0.421. The van der Waals surface area contributed by atoms with Crippen molar-refractivity contribution < 1.29 is 27.6 Å². The van der Waals surface area contributed by atoms with Gasteiger partial charge in [0.05, 0.1) is 11.3 Å². The third kappa shape index (κ3) is 4.85. The van der Waals surface area contributed by atoms with Crippen LogP contribution in [0.5, 0.6) is 0 Å². The van der Waals surface area contributed by atoms with Crippen LogP contribution in [0.25, 0.3) is 0 Å². The molecule has 1 fully saturated rings. The summed E-state index contributed by atoms with van der Waals surface area (Å²) < 4.78 is 32.0. The van der Waals surface area contributed by atoms with E-state index in [9.17, 15) is 18.0 Å². The smallest absolute Gasteiger partial charge is 0.335 e. The number of hydrogen-bond donors (Lipinski definition) is 1. The van der Waals surface area contributed by atoms with Crippen molar-refractivity contribution in [1.29, 1.82) is 0 Å². The molecule has 0 bridgehead atoms. The maximum Gasteiger partial charge on any atom is 0.335 e. The molecule has 2 aromatic rings. The number of sulfonamides is 1. The first-order chi connectivity index (χ1) is 14.2. The average molecular weight is 454 g/mol. The molecule has 3 rings (SSSR count). The number of carboxylic acids is 1. The Morgan fingerprint density at radius 1 is 1.20 bits per heavy atom. The van der Waals surface area contributed by atoms with Crippen molar-refractivity contribution in [1.82, 2.24) is 14.4 Å². The third-order valence-electron chi connectivity index (χ3n) is 4.83. The summed E-state index contributed by atoms with van der Waals surface area (Å²) in [6, 6.07) is 6.62. The SMILES string of the molecule is Cc1noc(C)c1S(=O)(=O)N1CCN(C(=O)CSCc2cccc(C(=O)O)c2)CC1. The van der Waals surface area contributed by atoms with E-state index in [2.05, 4.69) is 5.16 Å². The van der Waals surface area contributed by atoms with Crippen molar-refractivity contribution in [3.05, 3.63) is 46.8 Å². The van der Waals surface area contributed by atoms with E-state index in [1.54, 1.807) is 30.9 Å². The fourth-order valence-corrected chi connectivity index (χ4v) is 5.88. The lowest BCUT2D eigenvalue weighted by molar-refractivity contribution is -0.129. The lowest BCUT2D eigenvalue weighted by Crippen LogP contribution is -2.51. The number of thioether (sulfide) groups is 1. The van der Waals surface area contributed by atoms with E-state index in [4.69, 9.17) is 9.63 Å². The van der Waals surface area contributed by atoms with Gasteiger partial charge in [0.2, 0.25) is 15.9 Å². The first kappa shape index (κ1) is 22.3. The number of piperazine rings is 1. The number of aromatic nitrogens is 1. The van der Waals surface area contributed by atoms with E-state index in [-0.39, 0.29) is 41.0 Å². The van der Waals surface area contributed by atoms with Gasteiger partial charge in [-0.15, -0.1) is 11.8 Å². The quantitative estimate of drug-likeness (QED) is 0.673. The average Bonchev–Trinajstić information content (AvgIpc) is 3.07. The number of carbonyl (C=O) groups is 2. The second-order valence-corrected chi connectivity index (χ2v) is 9.80. The van der Waals surface area contributed by atoms with Crippen LogP contribution in [-0.2, 0) is 20.6 Å². The largest absolute Gasteiger partial charge is 0.478 e. The highest BCUT2D eigenvalue weighted by Gasteiger charge is 2.34. The first-order valence-corrected chi connectivity index (χ1v) is 11.9. The number of amides is 1. The third-order valence-corrected chi connectivity index (χ3v) is 7.96. The van der Waals surface area contributed by atoms with E-state index in [1.165, 1.54) is 22.1 Å². The van der Waals surface area contributed by atoms with Crippen LogP contribution in [0.2, 0.25) is 0 Å². The van der Waals surface area contributed by atoms with Gasteiger partial charge in [-0.05, 0) is 31.5 Å². The van der Waals surface area contributed by atoms with E-state index in [0.717, 1.165) is 5.56 Å². The zero-order valence-electron chi connectivity index (χ0n) is 16.7. The zero-order valence-corrected chi connectivity index (χ0v) is 18.3. The van der Waals surface area contributed by atoms with Gasteiger partial charge in [-0.3, -0.25) is 4.79 Å². The normalized spacial score (nSPS) is 15.3. The van der Waals surface area contributed by atoms with Crippen molar-refractivity contribution in [3.8, 4) is 0 Å². The van der Waals surface area contributed by atoms with Crippen LogP contribution in [0.3, 0.4) is 0 Å². The molecule has 0 saturated carbocycles. The molecule has 0 aliphatic carbocycles. The molecule has 0 spiro atoms. The van der Waals surface area contributed by atoms with E-state index in [1.807, 2.05) is 6.07 Å². The van der Waals surface area contributed by atoms with Crippen LogP contribution in [0.1, 0.15) is 27.4 Å². The predicted octanol–water partition coefficient (Wildman–Crippen LogP) is 1.76. The number of hydrogen-bond acceptors (Lipinski definition) is 7. The fourth-order valence-electron chi connectivity index (χ4n) is 3.29. The van der Waals surface area contributed by atoms with E-state index >= 15 is 0 Å². The summed E-state index contributed by atoms with van der Waals surface area (Å²) >= 11 is 1.40. The Kier molecular flexibility index (Phi) is 6.84. The van der Waals surface area contributed by atoms with E-state index in [0.29, 0.717) is 24.5 Å². The molecule has 11 heteroatoms. The molecule has 1 saturated heterocycles. The van der Waals surface area contributed by atoms with Crippen LogP contribution in [-0.4, -0.2) is 71.7 Å². The summed E-state index contributed by atoms with van der Waals surface area (Å²) in [5.74, 6) is -0.0262. The first-order valence-electron chi connectivity index (χ1n) is 9.31. The summed E-state index contributed by atoms with van der Waals surface area (Å²) in [5, 5.41) is 12.8. The number of nitrogens with zero attached hydrogens (tertiary/aromatic N) is 3. The minimum Gasteiger partial charge on any atom is -0.478 e. The maximum atomic E-state index is 12.8. The van der Waals surface area contributed by atoms with Gasteiger partial charge in [-0.1, -0.05) is 17.3 Å². The molecule has 1 amide bonds. The monoisotopic (exact) mass is 453 g/mol. The lowest BCUT2D eigenvalue weighted by Gasteiger charge is -2.33. The Hall–Kier alpha value is -2.37. The molecule has 2 heterocycles. The summed E-state index contributed by atoms with van der Waals surface area (Å²) in [6.07, 6.45) is 0. The van der Waals surface area contributed by atoms with Gasteiger partial charge in [-0.25, -0.2) is 13.2 Å². The molecule has 0 radical (unpaired) electrons. The highest BCUT2D eigenvalue weighted by atomic mass is 32.2. The van der Waals surface area contributed by atoms with Crippen molar-refractivity contribution in [2.75, 3.05) is 31.9 Å². The summed E-state index contributed by atoms with van der Waals surface area (Å²) in [6.45, 7) is 4.21. The minimum absolute atomic E-state index is 0.0659. The Bertz CT molecular complexity index is 1020. The molecule has 9 nitrogen and oxygen atoms in total. The molecule has 0 unspecified atom stereocenters. The topological polar surface area (TPSA) is 121 Å². The predicted molar refractivity (Wildman–Crippen MR) is 111 cm³/mol. The molecule has 1 N–H and O–H groups in total. The number of aryl methyl sites for hydroxylation is 2. The number of benzene rings is 1. The number of rotatable bonds is 7. The molecule has 30 heavy (non-hydrogen) atoms. The molecule has 0 atom stereocenters. The number of carbonyl (C=O) groups excluding carboxylic acids is 1. The molecule has 1 aliphatic heterocycles. The van der Waals surface area contributed by atoms with Crippen molar-refractivity contribution in [2.24, 2.45) is 0 Å². The molecule has 1 aromatic carbocycles. The van der Waals surface area contributed by atoms with Crippen LogP contribution in [0.15, 0.2) is 33.7 Å².